The maximum Gasteiger partial charge on any atom is 0.321 e. The number of hydrogen-bond acceptors (Lipinski definition) is 4. The first-order chi connectivity index (χ1) is 5.07. The van der Waals surface area contributed by atoms with E-state index in [4.69, 9.17) is 10.2 Å². The molecule has 11 heavy (non-hydrogen) atoms. The highest BCUT2D eigenvalue weighted by molar-refractivity contribution is 7.80. The molecular formula is C5H9NO4S. The average molecular weight is 179 g/mol. The summed E-state index contributed by atoms with van der Waals surface area (Å²) in [6, 6.07) is -0.894. The molecule has 0 aliphatic carbocycles. The third-order valence-electron chi connectivity index (χ3n) is 0.980. The predicted molar refractivity (Wildman–Crippen MR) is 40.9 cm³/mol. The van der Waals surface area contributed by atoms with Crippen molar-refractivity contribution in [2.24, 2.45) is 0 Å². The van der Waals surface area contributed by atoms with Gasteiger partial charge >= 0.3 is 11.9 Å². The molecule has 64 valence electrons. The molecule has 0 rings (SSSR count). The van der Waals surface area contributed by atoms with Gasteiger partial charge in [0.1, 0.15) is 6.04 Å². The maximum atomic E-state index is 10.2. The summed E-state index contributed by atoms with van der Waals surface area (Å²) < 4.78 is 0. The molecule has 0 spiro atoms. The fourth-order valence-electron chi connectivity index (χ4n) is 0.440. The van der Waals surface area contributed by atoms with Gasteiger partial charge in [-0.2, -0.15) is 12.6 Å². The van der Waals surface area contributed by atoms with Crippen molar-refractivity contribution in [2.75, 3.05) is 12.3 Å². The Balaban J connectivity index is 3.70. The van der Waals surface area contributed by atoms with Crippen LogP contribution in [0.15, 0.2) is 0 Å². The first kappa shape index (κ1) is 10.2. The van der Waals surface area contributed by atoms with E-state index in [1.807, 2.05) is 0 Å². The Hall–Kier alpha value is -0.750. The van der Waals surface area contributed by atoms with Gasteiger partial charge in [-0.25, -0.2) is 0 Å². The number of thiol groups is 1. The Labute approximate surface area is 68.8 Å². The van der Waals surface area contributed by atoms with Crippen molar-refractivity contribution >= 4 is 24.6 Å². The minimum atomic E-state index is -1.10. The molecule has 0 aromatic carbocycles. The number of carboxylic acid groups (broad SMARTS) is 2. The third-order valence-corrected chi connectivity index (χ3v) is 1.35. The number of rotatable bonds is 5. The Morgan fingerprint density at radius 2 is 2.00 bits per heavy atom. The Bertz CT molecular complexity index is 161. The standard InChI is InChI=1S/C5H9NO4S/c7-4(8)1-6-3(2-11)5(9)10/h3,6,11H,1-2H2,(H,7,8)(H,9,10)/t3-/m0/s1. The Morgan fingerprint density at radius 3 is 2.27 bits per heavy atom. The Morgan fingerprint density at radius 1 is 1.45 bits per heavy atom. The van der Waals surface area contributed by atoms with Crippen molar-refractivity contribution in [3.63, 3.8) is 0 Å². The fourth-order valence-corrected chi connectivity index (χ4v) is 0.726. The van der Waals surface area contributed by atoms with Gasteiger partial charge in [-0.05, 0) is 0 Å². The molecule has 0 heterocycles. The monoisotopic (exact) mass is 179 g/mol. The average Bonchev–Trinajstić information content (AvgIpc) is 1.87. The summed E-state index contributed by atoms with van der Waals surface area (Å²) in [7, 11) is 0. The SMILES string of the molecule is O=C(O)CN[C@@H](CS)C(=O)O. The second-order valence-corrected chi connectivity index (χ2v) is 2.21. The largest absolute Gasteiger partial charge is 0.480 e. The third kappa shape index (κ3) is 4.63. The topological polar surface area (TPSA) is 86.6 Å². The highest BCUT2D eigenvalue weighted by atomic mass is 32.1. The van der Waals surface area contributed by atoms with Crippen LogP contribution in [0.25, 0.3) is 0 Å². The molecule has 0 aromatic heterocycles. The number of hydrogen-bond donors (Lipinski definition) is 4. The van der Waals surface area contributed by atoms with Crippen LogP contribution in [-0.2, 0) is 9.59 Å². The van der Waals surface area contributed by atoms with Gasteiger partial charge in [-0.3, -0.25) is 14.9 Å². The van der Waals surface area contributed by atoms with Crippen LogP contribution >= 0.6 is 12.6 Å². The van der Waals surface area contributed by atoms with Crippen LogP contribution in [0.1, 0.15) is 0 Å². The molecular weight excluding hydrogens is 170 g/mol. The molecule has 0 amide bonds. The van der Waals surface area contributed by atoms with Crippen LogP contribution < -0.4 is 5.32 Å². The predicted octanol–water partition coefficient (Wildman–Crippen LogP) is -0.956. The number of nitrogens with one attached hydrogen (secondary N) is 1. The van der Waals surface area contributed by atoms with Crippen molar-refractivity contribution in [1.82, 2.24) is 5.32 Å². The molecule has 0 aromatic rings. The summed E-state index contributed by atoms with van der Waals surface area (Å²) in [4.78, 5) is 20.2. The lowest BCUT2D eigenvalue weighted by Crippen LogP contribution is -2.40. The van der Waals surface area contributed by atoms with Gasteiger partial charge in [0.2, 0.25) is 0 Å². The fraction of sp³-hybridized carbons (Fsp3) is 0.600. The lowest BCUT2D eigenvalue weighted by atomic mass is 10.3. The van der Waals surface area contributed by atoms with E-state index in [0.29, 0.717) is 0 Å². The number of aliphatic carboxylic acids is 2. The van der Waals surface area contributed by atoms with Crippen molar-refractivity contribution < 1.29 is 19.8 Å². The molecule has 0 aliphatic rings. The normalized spacial score (nSPS) is 12.5. The van der Waals surface area contributed by atoms with Crippen LogP contribution in [0.3, 0.4) is 0 Å². The van der Waals surface area contributed by atoms with Gasteiger partial charge in [-0.1, -0.05) is 0 Å². The van der Waals surface area contributed by atoms with E-state index in [2.05, 4.69) is 17.9 Å². The van der Waals surface area contributed by atoms with E-state index < -0.39 is 18.0 Å². The van der Waals surface area contributed by atoms with Crippen LogP contribution in [0.5, 0.6) is 0 Å². The van der Waals surface area contributed by atoms with E-state index in [9.17, 15) is 9.59 Å². The highest BCUT2D eigenvalue weighted by Crippen LogP contribution is 1.86. The van der Waals surface area contributed by atoms with Crippen LogP contribution in [0, 0.1) is 0 Å². The van der Waals surface area contributed by atoms with E-state index in [1.165, 1.54) is 0 Å². The lowest BCUT2D eigenvalue weighted by Gasteiger charge is -2.08. The summed E-state index contributed by atoms with van der Waals surface area (Å²) in [6.45, 7) is -0.364. The zero-order chi connectivity index (χ0) is 8.85. The van der Waals surface area contributed by atoms with Gasteiger partial charge < -0.3 is 10.2 Å². The minimum absolute atomic E-state index is 0.0720. The van der Waals surface area contributed by atoms with Gasteiger partial charge in [0.15, 0.2) is 0 Å². The molecule has 0 bridgehead atoms. The van der Waals surface area contributed by atoms with E-state index in [0.717, 1.165) is 0 Å². The van der Waals surface area contributed by atoms with E-state index in [1.54, 1.807) is 0 Å². The summed E-state index contributed by atoms with van der Waals surface area (Å²) in [6.07, 6.45) is 0. The first-order valence-electron chi connectivity index (χ1n) is 2.86. The van der Waals surface area contributed by atoms with Gasteiger partial charge in [0.25, 0.3) is 0 Å². The van der Waals surface area contributed by atoms with Gasteiger partial charge in [0, 0.05) is 5.75 Å². The number of carboxylic acids is 2. The van der Waals surface area contributed by atoms with Crippen LogP contribution in [0.2, 0.25) is 0 Å². The quantitative estimate of drug-likeness (QED) is 0.408. The lowest BCUT2D eigenvalue weighted by molar-refractivity contribution is -0.139. The molecule has 0 radical (unpaired) electrons. The first-order valence-corrected chi connectivity index (χ1v) is 3.50. The molecule has 5 nitrogen and oxygen atoms in total. The molecule has 0 saturated heterocycles. The smallest absolute Gasteiger partial charge is 0.321 e. The highest BCUT2D eigenvalue weighted by Gasteiger charge is 2.14. The summed E-state index contributed by atoms with van der Waals surface area (Å²) in [5, 5.41) is 18.8. The van der Waals surface area contributed by atoms with Crippen molar-refractivity contribution in [2.45, 2.75) is 6.04 Å². The molecule has 3 N–H and O–H groups in total. The minimum Gasteiger partial charge on any atom is -0.480 e. The summed E-state index contributed by atoms with van der Waals surface area (Å²) >= 11 is 3.72. The molecule has 0 fully saturated rings. The summed E-state index contributed by atoms with van der Waals surface area (Å²) in [5.74, 6) is -2.11. The second kappa shape index (κ2) is 4.97. The number of carbonyl (C=O) groups is 2. The van der Waals surface area contributed by atoms with Crippen LogP contribution in [-0.4, -0.2) is 40.5 Å². The molecule has 0 aliphatic heterocycles. The van der Waals surface area contributed by atoms with Crippen LogP contribution in [0.4, 0.5) is 0 Å². The zero-order valence-corrected chi connectivity index (χ0v) is 6.54. The molecule has 0 saturated carbocycles. The van der Waals surface area contributed by atoms with Gasteiger partial charge in [0.05, 0.1) is 6.54 Å². The van der Waals surface area contributed by atoms with Gasteiger partial charge in [-0.15, -0.1) is 0 Å². The maximum absolute atomic E-state index is 10.2. The van der Waals surface area contributed by atoms with Crippen molar-refractivity contribution in [3.05, 3.63) is 0 Å². The molecule has 6 heteroatoms. The van der Waals surface area contributed by atoms with E-state index >= 15 is 0 Å². The van der Waals surface area contributed by atoms with Crippen molar-refractivity contribution in [1.29, 1.82) is 0 Å². The molecule has 1 atom stereocenters. The molecule has 0 unspecified atom stereocenters. The van der Waals surface area contributed by atoms with Crippen molar-refractivity contribution in [3.8, 4) is 0 Å². The summed E-state index contributed by atoms with van der Waals surface area (Å²) in [5.41, 5.74) is 0. The van der Waals surface area contributed by atoms with E-state index in [-0.39, 0.29) is 12.3 Å². The zero-order valence-electron chi connectivity index (χ0n) is 5.65. The second-order valence-electron chi connectivity index (χ2n) is 1.85. The Kier molecular flexibility index (Phi) is 4.64.